The van der Waals surface area contributed by atoms with Crippen molar-refractivity contribution in [1.82, 2.24) is 5.32 Å². The van der Waals surface area contributed by atoms with Crippen molar-refractivity contribution in [3.63, 3.8) is 0 Å². The number of rotatable bonds is 6. The van der Waals surface area contributed by atoms with Crippen molar-refractivity contribution < 1.29 is 19.0 Å². The predicted molar refractivity (Wildman–Crippen MR) is 67.2 cm³/mol. The van der Waals surface area contributed by atoms with E-state index >= 15 is 0 Å². The van der Waals surface area contributed by atoms with Gasteiger partial charge in [0.2, 0.25) is 5.75 Å². The van der Waals surface area contributed by atoms with Gasteiger partial charge in [0.15, 0.2) is 11.5 Å². The topological polar surface area (TPSA) is 82.8 Å². The fourth-order valence-corrected chi connectivity index (χ4v) is 1.37. The molecule has 1 amide bonds. The van der Waals surface area contributed by atoms with Gasteiger partial charge in [0.1, 0.15) is 0 Å². The van der Waals surface area contributed by atoms with Crippen LogP contribution in [-0.2, 0) is 0 Å². The van der Waals surface area contributed by atoms with E-state index in [1.54, 1.807) is 18.2 Å². The molecule has 1 aromatic rings. The first-order valence-electron chi connectivity index (χ1n) is 5.59. The van der Waals surface area contributed by atoms with E-state index in [9.17, 15) is 4.79 Å². The number of methoxy groups -OCH3 is 2. The van der Waals surface area contributed by atoms with Gasteiger partial charge in [-0.1, -0.05) is 6.07 Å². The van der Waals surface area contributed by atoms with Gasteiger partial charge in [-0.05, 0) is 25.1 Å². The Morgan fingerprint density at radius 3 is 2.61 bits per heavy atom. The van der Waals surface area contributed by atoms with E-state index in [1.807, 2.05) is 0 Å². The lowest BCUT2D eigenvalue weighted by atomic mass is 10.3. The van der Waals surface area contributed by atoms with Crippen LogP contribution in [0.25, 0.3) is 0 Å². The average Bonchev–Trinajstić information content (AvgIpc) is 2.38. The number of nitrogens with two attached hydrogens (primary N) is 1. The normalized spacial score (nSPS) is 9.72. The zero-order valence-corrected chi connectivity index (χ0v) is 10.6. The van der Waals surface area contributed by atoms with Crippen molar-refractivity contribution in [3.05, 3.63) is 18.2 Å². The summed E-state index contributed by atoms with van der Waals surface area (Å²) in [6, 6.07) is 5.06. The SMILES string of the molecule is COc1cccc(OC(=O)NCCCN)c1OC. The Balaban J connectivity index is 2.68. The summed E-state index contributed by atoms with van der Waals surface area (Å²) in [7, 11) is 3.00. The van der Waals surface area contributed by atoms with E-state index < -0.39 is 6.09 Å². The molecule has 0 bridgehead atoms. The lowest BCUT2D eigenvalue weighted by Gasteiger charge is -2.12. The summed E-state index contributed by atoms with van der Waals surface area (Å²) in [6.07, 6.45) is 0.152. The first kappa shape index (κ1) is 14.1. The lowest BCUT2D eigenvalue weighted by molar-refractivity contribution is 0.198. The second-order valence-electron chi connectivity index (χ2n) is 3.45. The van der Waals surface area contributed by atoms with Crippen molar-refractivity contribution in [2.45, 2.75) is 6.42 Å². The highest BCUT2D eigenvalue weighted by atomic mass is 16.6. The average molecular weight is 254 g/mol. The number of amides is 1. The summed E-state index contributed by atoms with van der Waals surface area (Å²) < 4.78 is 15.4. The molecule has 0 fully saturated rings. The third-order valence-electron chi connectivity index (χ3n) is 2.22. The summed E-state index contributed by atoms with van der Waals surface area (Å²) in [4.78, 5) is 11.5. The standard InChI is InChI=1S/C12H18N2O4/c1-16-9-5-3-6-10(11(9)17-2)18-12(15)14-8-4-7-13/h3,5-6H,4,7-8,13H2,1-2H3,(H,14,15). The number of para-hydroxylation sites is 1. The van der Waals surface area contributed by atoms with Gasteiger partial charge in [-0.25, -0.2) is 4.79 Å². The van der Waals surface area contributed by atoms with Crippen LogP contribution >= 0.6 is 0 Å². The predicted octanol–water partition coefficient (Wildman–Crippen LogP) is 1.14. The van der Waals surface area contributed by atoms with Gasteiger partial charge in [-0.15, -0.1) is 0 Å². The van der Waals surface area contributed by atoms with Crippen LogP contribution in [0.4, 0.5) is 4.79 Å². The van der Waals surface area contributed by atoms with Crippen molar-refractivity contribution in [2.24, 2.45) is 5.73 Å². The molecule has 0 aromatic heterocycles. The summed E-state index contributed by atoms with van der Waals surface area (Å²) >= 11 is 0. The molecule has 0 unspecified atom stereocenters. The van der Waals surface area contributed by atoms with Gasteiger partial charge in [0.05, 0.1) is 14.2 Å². The minimum Gasteiger partial charge on any atom is -0.493 e. The van der Waals surface area contributed by atoms with Crippen LogP contribution in [0, 0.1) is 0 Å². The van der Waals surface area contributed by atoms with Crippen LogP contribution in [0.15, 0.2) is 18.2 Å². The maximum atomic E-state index is 11.5. The van der Waals surface area contributed by atoms with Gasteiger partial charge < -0.3 is 25.3 Å². The number of carbonyl (C=O) groups excluding carboxylic acids is 1. The first-order valence-corrected chi connectivity index (χ1v) is 5.59. The highest BCUT2D eigenvalue weighted by Gasteiger charge is 2.13. The monoisotopic (exact) mass is 254 g/mol. The van der Waals surface area contributed by atoms with Crippen LogP contribution in [0.1, 0.15) is 6.42 Å². The Kier molecular flexibility index (Phi) is 5.79. The molecule has 0 aliphatic carbocycles. The molecule has 1 rings (SSSR count). The maximum absolute atomic E-state index is 11.5. The molecule has 0 aliphatic rings. The van der Waals surface area contributed by atoms with Crippen molar-refractivity contribution in [2.75, 3.05) is 27.3 Å². The number of hydrogen-bond donors (Lipinski definition) is 2. The molecule has 3 N–H and O–H groups in total. The van der Waals surface area contributed by atoms with E-state index in [0.29, 0.717) is 36.8 Å². The second-order valence-corrected chi connectivity index (χ2v) is 3.45. The Bertz CT molecular complexity index is 396. The fourth-order valence-electron chi connectivity index (χ4n) is 1.37. The molecule has 0 spiro atoms. The Hall–Kier alpha value is -1.95. The molecule has 100 valence electrons. The second kappa shape index (κ2) is 7.39. The van der Waals surface area contributed by atoms with E-state index in [4.69, 9.17) is 19.9 Å². The molecule has 0 saturated carbocycles. The van der Waals surface area contributed by atoms with E-state index in [0.717, 1.165) is 0 Å². The molecule has 0 atom stereocenters. The van der Waals surface area contributed by atoms with E-state index in [-0.39, 0.29) is 0 Å². The Labute approximate surface area is 106 Å². The van der Waals surface area contributed by atoms with Gasteiger partial charge in [-0.3, -0.25) is 0 Å². The zero-order valence-electron chi connectivity index (χ0n) is 10.6. The molecule has 0 heterocycles. The van der Waals surface area contributed by atoms with Crippen LogP contribution in [0.3, 0.4) is 0 Å². The van der Waals surface area contributed by atoms with Gasteiger partial charge in [0, 0.05) is 6.54 Å². The minimum atomic E-state index is -0.546. The smallest absolute Gasteiger partial charge is 0.412 e. The lowest BCUT2D eigenvalue weighted by Crippen LogP contribution is -2.29. The van der Waals surface area contributed by atoms with Crippen LogP contribution in [-0.4, -0.2) is 33.4 Å². The molecule has 6 nitrogen and oxygen atoms in total. The summed E-state index contributed by atoms with van der Waals surface area (Å²) in [5.41, 5.74) is 5.32. The van der Waals surface area contributed by atoms with Gasteiger partial charge in [0.25, 0.3) is 0 Å². The van der Waals surface area contributed by atoms with E-state index in [2.05, 4.69) is 5.32 Å². The molecule has 0 saturated heterocycles. The third kappa shape index (κ3) is 3.81. The molecule has 6 heteroatoms. The highest BCUT2D eigenvalue weighted by molar-refractivity contribution is 5.72. The number of hydrogen-bond acceptors (Lipinski definition) is 5. The van der Waals surface area contributed by atoms with Gasteiger partial charge in [-0.2, -0.15) is 0 Å². The number of benzene rings is 1. The molecule has 1 aromatic carbocycles. The van der Waals surface area contributed by atoms with Gasteiger partial charge >= 0.3 is 6.09 Å². The molecule has 0 aliphatic heterocycles. The van der Waals surface area contributed by atoms with Crippen LogP contribution < -0.4 is 25.3 Å². The third-order valence-corrected chi connectivity index (χ3v) is 2.22. The minimum absolute atomic E-state index is 0.307. The summed E-state index contributed by atoms with van der Waals surface area (Å²) in [6.45, 7) is 0.990. The van der Waals surface area contributed by atoms with Crippen molar-refractivity contribution >= 4 is 6.09 Å². The number of ether oxygens (including phenoxy) is 3. The van der Waals surface area contributed by atoms with Crippen molar-refractivity contribution in [1.29, 1.82) is 0 Å². The number of carbonyl (C=O) groups is 1. The van der Waals surface area contributed by atoms with Crippen LogP contribution in [0.5, 0.6) is 17.2 Å². The molecule has 18 heavy (non-hydrogen) atoms. The zero-order chi connectivity index (χ0) is 13.4. The largest absolute Gasteiger partial charge is 0.493 e. The van der Waals surface area contributed by atoms with Crippen LogP contribution in [0.2, 0.25) is 0 Å². The number of nitrogens with one attached hydrogen (secondary N) is 1. The first-order chi connectivity index (χ1) is 8.72. The van der Waals surface area contributed by atoms with Crippen molar-refractivity contribution in [3.8, 4) is 17.2 Å². The Morgan fingerprint density at radius 1 is 1.28 bits per heavy atom. The van der Waals surface area contributed by atoms with E-state index in [1.165, 1.54) is 14.2 Å². The fraction of sp³-hybridized carbons (Fsp3) is 0.417. The Morgan fingerprint density at radius 2 is 2.00 bits per heavy atom. The highest BCUT2D eigenvalue weighted by Crippen LogP contribution is 2.36. The quantitative estimate of drug-likeness (QED) is 0.744. The maximum Gasteiger partial charge on any atom is 0.412 e. The molecule has 0 radical (unpaired) electrons. The molecular formula is C12H18N2O4. The summed E-state index contributed by atoms with van der Waals surface area (Å²) in [5.74, 6) is 1.20. The molecular weight excluding hydrogens is 236 g/mol. The summed E-state index contributed by atoms with van der Waals surface area (Å²) in [5, 5.41) is 2.58.